The van der Waals surface area contributed by atoms with Gasteiger partial charge in [0.15, 0.2) is 0 Å². The third-order valence-electron chi connectivity index (χ3n) is 4.86. The first kappa shape index (κ1) is 18.3. The molecular weight excluding hydrogens is 370 g/mol. The highest BCUT2D eigenvalue weighted by molar-refractivity contribution is 8.19. The van der Waals surface area contributed by atoms with Gasteiger partial charge in [0.05, 0.1) is 22.5 Å². The maximum Gasteiger partial charge on any atom is 0.298 e. The highest BCUT2D eigenvalue weighted by Gasteiger charge is 2.38. The van der Waals surface area contributed by atoms with E-state index in [9.17, 15) is 9.59 Å². The maximum atomic E-state index is 13.0. The number of anilines is 1. The number of hydrogen-bond donors (Lipinski definition) is 0. The van der Waals surface area contributed by atoms with Gasteiger partial charge in [-0.05, 0) is 74.0 Å². The zero-order chi connectivity index (χ0) is 19.8. The number of para-hydroxylation sites is 1. The first-order valence-electron chi connectivity index (χ1n) is 8.91. The van der Waals surface area contributed by atoms with Gasteiger partial charge in [0.1, 0.15) is 0 Å². The topological polar surface area (TPSA) is 55.2 Å². The number of aryl methyl sites for hydroxylation is 1. The van der Waals surface area contributed by atoms with Crippen molar-refractivity contribution in [2.24, 2.45) is 0 Å². The third-order valence-corrected chi connectivity index (χ3v) is 5.91. The van der Waals surface area contributed by atoms with Crippen LogP contribution in [0.4, 0.5) is 10.5 Å². The molecule has 0 saturated carbocycles. The quantitative estimate of drug-likeness (QED) is 0.584. The molecule has 5 nitrogen and oxygen atoms in total. The molecule has 0 spiro atoms. The summed E-state index contributed by atoms with van der Waals surface area (Å²) >= 11 is 0.995. The number of imide groups is 1. The van der Waals surface area contributed by atoms with Gasteiger partial charge in [-0.3, -0.25) is 14.6 Å². The van der Waals surface area contributed by atoms with E-state index in [0.29, 0.717) is 10.6 Å². The molecule has 1 aliphatic heterocycles. The van der Waals surface area contributed by atoms with Crippen LogP contribution in [-0.4, -0.2) is 20.7 Å². The minimum absolute atomic E-state index is 0.272. The second kappa shape index (κ2) is 7.13. The predicted molar refractivity (Wildman–Crippen MR) is 113 cm³/mol. The van der Waals surface area contributed by atoms with Gasteiger partial charge in [-0.1, -0.05) is 18.2 Å². The van der Waals surface area contributed by atoms with E-state index >= 15 is 0 Å². The van der Waals surface area contributed by atoms with Crippen molar-refractivity contribution in [3.05, 3.63) is 82.8 Å². The molecule has 0 aliphatic carbocycles. The molecule has 140 valence electrons. The van der Waals surface area contributed by atoms with Crippen molar-refractivity contribution in [3.8, 4) is 5.69 Å². The zero-order valence-corrected chi connectivity index (χ0v) is 16.7. The summed E-state index contributed by atoms with van der Waals surface area (Å²) in [6, 6.07) is 15.0. The van der Waals surface area contributed by atoms with E-state index in [1.807, 2.05) is 63.4 Å². The molecule has 1 aliphatic rings. The Kier molecular flexibility index (Phi) is 4.65. The van der Waals surface area contributed by atoms with Gasteiger partial charge in [-0.15, -0.1) is 0 Å². The fourth-order valence-corrected chi connectivity index (χ4v) is 4.44. The molecule has 0 unspecified atom stereocenters. The molecule has 28 heavy (non-hydrogen) atoms. The molecule has 3 heterocycles. The Morgan fingerprint density at radius 2 is 1.71 bits per heavy atom. The smallest absolute Gasteiger partial charge is 0.298 e. The van der Waals surface area contributed by atoms with Crippen LogP contribution in [0.2, 0.25) is 0 Å². The summed E-state index contributed by atoms with van der Waals surface area (Å²) in [6.07, 6.45) is 3.55. The summed E-state index contributed by atoms with van der Waals surface area (Å²) in [7, 11) is 0. The number of benzene rings is 1. The Morgan fingerprint density at radius 1 is 1.00 bits per heavy atom. The molecule has 2 amide bonds. The molecule has 1 aromatic carbocycles. The standard InChI is InChI=1S/C22H19N3O2S/c1-14-12-19(16(3)24(14)18-10-7-11-23-13-18)15(2)20-21(26)25(22(27)28-20)17-8-5-4-6-9-17/h4-13H,1-3H3. The Morgan fingerprint density at radius 3 is 2.39 bits per heavy atom. The van der Waals surface area contributed by atoms with E-state index < -0.39 is 0 Å². The van der Waals surface area contributed by atoms with Gasteiger partial charge in [0.2, 0.25) is 0 Å². The number of carbonyl (C=O) groups excluding carboxylic acids is 2. The van der Waals surface area contributed by atoms with Crippen LogP contribution in [0.25, 0.3) is 11.3 Å². The molecule has 3 aromatic rings. The van der Waals surface area contributed by atoms with Gasteiger partial charge < -0.3 is 4.57 Å². The predicted octanol–water partition coefficient (Wildman–Crippen LogP) is 5.12. The zero-order valence-electron chi connectivity index (χ0n) is 15.8. The lowest BCUT2D eigenvalue weighted by Gasteiger charge is -2.12. The minimum Gasteiger partial charge on any atom is -0.316 e. The fourth-order valence-electron chi connectivity index (χ4n) is 3.55. The number of nitrogens with zero attached hydrogens (tertiary/aromatic N) is 3. The molecule has 1 fully saturated rings. The van der Waals surface area contributed by atoms with E-state index in [1.54, 1.807) is 18.3 Å². The monoisotopic (exact) mass is 389 g/mol. The van der Waals surface area contributed by atoms with Gasteiger partial charge in [0.25, 0.3) is 11.1 Å². The number of amides is 2. The highest BCUT2D eigenvalue weighted by Crippen LogP contribution is 2.40. The molecule has 2 aromatic heterocycles. The first-order valence-corrected chi connectivity index (χ1v) is 9.72. The van der Waals surface area contributed by atoms with Crippen LogP contribution in [0.1, 0.15) is 23.9 Å². The molecular formula is C22H19N3O2S. The molecule has 6 heteroatoms. The van der Waals surface area contributed by atoms with E-state index in [1.165, 1.54) is 4.90 Å². The SMILES string of the molecule is CC(=C1SC(=O)N(c2ccccc2)C1=O)c1cc(C)n(-c2cccnc2)c1C. The largest absolute Gasteiger partial charge is 0.316 e. The summed E-state index contributed by atoms with van der Waals surface area (Å²) in [5.41, 5.74) is 5.38. The summed E-state index contributed by atoms with van der Waals surface area (Å²) in [4.78, 5) is 31.5. The maximum absolute atomic E-state index is 13.0. The van der Waals surface area contributed by atoms with Crippen LogP contribution < -0.4 is 4.90 Å². The Hall–Kier alpha value is -3.12. The number of pyridine rings is 1. The van der Waals surface area contributed by atoms with Gasteiger partial charge >= 0.3 is 0 Å². The van der Waals surface area contributed by atoms with Crippen LogP contribution in [-0.2, 0) is 4.79 Å². The van der Waals surface area contributed by atoms with Crippen molar-refractivity contribution in [1.29, 1.82) is 0 Å². The molecule has 0 radical (unpaired) electrons. The average Bonchev–Trinajstić information content (AvgIpc) is 3.17. The van der Waals surface area contributed by atoms with Gasteiger partial charge in [-0.2, -0.15) is 0 Å². The summed E-state index contributed by atoms with van der Waals surface area (Å²) in [5.74, 6) is -0.273. The van der Waals surface area contributed by atoms with Crippen LogP contribution in [0.5, 0.6) is 0 Å². The van der Waals surface area contributed by atoms with Crippen molar-refractivity contribution in [2.45, 2.75) is 20.8 Å². The van der Waals surface area contributed by atoms with E-state index in [0.717, 1.165) is 40.0 Å². The molecule has 0 bridgehead atoms. The Bertz CT molecular complexity index is 1100. The van der Waals surface area contributed by atoms with Crippen molar-refractivity contribution in [2.75, 3.05) is 4.90 Å². The van der Waals surface area contributed by atoms with Crippen LogP contribution >= 0.6 is 11.8 Å². The number of aromatic nitrogens is 2. The van der Waals surface area contributed by atoms with Gasteiger partial charge in [0, 0.05) is 17.6 Å². The number of thioether (sulfide) groups is 1. The number of hydrogen-bond acceptors (Lipinski definition) is 4. The van der Waals surface area contributed by atoms with Crippen LogP contribution in [0, 0.1) is 13.8 Å². The number of carbonyl (C=O) groups is 2. The molecule has 0 N–H and O–H groups in total. The first-order chi connectivity index (χ1) is 13.5. The lowest BCUT2D eigenvalue weighted by molar-refractivity contribution is -0.113. The number of rotatable bonds is 3. The van der Waals surface area contributed by atoms with E-state index in [4.69, 9.17) is 0 Å². The molecule has 0 atom stereocenters. The lowest BCUT2D eigenvalue weighted by Crippen LogP contribution is -2.27. The summed E-state index contributed by atoms with van der Waals surface area (Å²) < 4.78 is 2.10. The normalized spacial score (nSPS) is 16.0. The third kappa shape index (κ3) is 2.96. The van der Waals surface area contributed by atoms with E-state index in [2.05, 4.69) is 9.55 Å². The lowest BCUT2D eigenvalue weighted by atomic mass is 10.1. The van der Waals surface area contributed by atoms with E-state index in [-0.39, 0.29) is 11.1 Å². The second-order valence-electron chi connectivity index (χ2n) is 6.63. The van der Waals surface area contributed by atoms with Crippen LogP contribution in [0.3, 0.4) is 0 Å². The van der Waals surface area contributed by atoms with Crippen molar-refractivity contribution >= 4 is 34.2 Å². The summed E-state index contributed by atoms with van der Waals surface area (Å²) in [6.45, 7) is 5.93. The Labute approximate surface area is 167 Å². The average molecular weight is 389 g/mol. The van der Waals surface area contributed by atoms with Gasteiger partial charge in [-0.25, -0.2) is 4.90 Å². The minimum atomic E-state index is -0.273. The van der Waals surface area contributed by atoms with Crippen molar-refractivity contribution in [3.63, 3.8) is 0 Å². The Balaban J connectivity index is 1.78. The summed E-state index contributed by atoms with van der Waals surface area (Å²) in [5, 5.41) is -0.272. The fraction of sp³-hybridized carbons (Fsp3) is 0.136. The van der Waals surface area contributed by atoms with Crippen molar-refractivity contribution < 1.29 is 9.59 Å². The van der Waals surface area contributed by atoms with Crippen LogP contribution in [0.15, 0.2) is 65.8 Å². The molecule has 4 rings (SSSR count). The molecule has 1 saturated heterocycles. The number of allylic oxidation sites excluding steroid dienone is 1. The second-order valence-corrected chi connectivity index (χ2v) is 7.59. The highest BCUT2D eigenvalue weighted by atomic mass is 32.2. The van der Waals surface area contributed by atoms with Crippen molar-refractivity contribution in [1.82, 2.24) is 9.55 Å².